The van der Waals surface area contributed by atoms with E-state index >= 15 is 0 Å². The van der Waals surface area contributed by atoms with E-state index < -0.39 is 0 Å². The van der Waals surface area contributed by atoms with Gasteiger partial charge in [0.2, 0.25) is 17.6 Å². The summed E-state index contributed by atoms with van der Waals surface area (Å²) in [5, 5.41) is 3.24. The van der Waals surface area contributed by atoms with Crippen LogP contribution in [0.15, 0.2) is 36.4 Å². The first kappa shape index (κ1) is 22.0. The summed E-state index contributed by atoms with van der Waals surface area (Å²) >= 11 is 0. The van der Waals surface area contributed by atoms with E-state index in [0.29, 0.717) is 48.2 Å². The second-order valence-electron chi connectivity index (χ2n) is 8.30. The maximum absolute atomic E-state index is 13.2. The number of carbonyl (C=O) groups excluding carboxylic acids is 2. The highest BCUT2D eigenvalue weighted by Crippen LogP contribution is 2.40. The number of hydrogen-bond donors (Lipinski definition) is 0. The van der Waals surface area contributed by atoms with Crippen LogP contribution in [0.4, 0.5) is 0 Å². The van der Waals surface area contributed by atoms with Crippen molar-refractivity contribution in [3.63, 3.8) is 0 Å². The largest absolute Gasteiger partial charge is 0.493 e. The molecule has 0 aromatic heterocycles. The number of methoxy groups -OCH3 is 3. The highest BCUT2D eigenvalue weighted by atomic mass is 16.5. The van der Waals surface area contributed by atoms with Gasteiger partial charge in [0, 0.05) is 25.1 Å². The Kier molecular flexibility index (Phi) is 6.53. The lowest BCUT2D eigenvalue weighted by Crippen LogP contribution is -2.46. The number of carbonyl (C=O) groups is 2. The summed E-state index contributed by atoms with van der Waals surface area (Å²) < 4.78 is 16.3. The molecule has 0 radical (unpaired) electrons. The van der Waals surface area contributed by atoms with Crippen molar-refractivity contribution >= 4 is 11.8 Å². The molecule has 1 aliphatic heterocycles. The van der Waals surface area contributed by atoms with Crippen LogP contribution in [0.2, 0.25) is 0 Å². The molecule has 2 aromatic carbocycles. The Morgan fingerprint density at radius 2 is 1.47 bits per heavy atom. The Hall–Kier alpha value is -3.22. The van der Waals surface area contributed by atoms with Crippen LogP contribution in [0, 0.1) is 5.92 Å². The van der Waals surface area contributed by atoms with E-state index in [2.05, 4.69) is 12.1 Å². The minimum atomic E-state index is -0.129. The van der Waals surface area contributed by atoms with Crippen LogP contribution in [0.1, 0.15) is 29.5 Å². The van der Waals surface area contributed by atoms with E-state index in [0.717, 1.165) is 19.3 Å². The predicted octanol–water partition coefficient (Wildman–Crippen LogP) is 3.04. The number of amides is 2. The van der Waals surface area contributed by atoms with E-state index in [4.69, 9.17) is 14.2 Å². The van der Waals surface area contributed by atoms with E-state index in [1.54, 1.807) is 29.3 Å². The van der Waals surface area contributed by atoms with E-state index in [1.165, 1.54) is 25.3 Å². The molecule has 0 spiro atoms. The first-order valence-corrected chi connectivity index (χ1v) is 11.0. The summed E-state index contributed by atoms with van der Waals surface area (Å²) in [5.41, 5.74) is 3.36. The molecule has 0 bridgehead atoms. The summed E-state index contributed by atoms with van der Waals surface area (Å²) in [5.74, 6) is 1.65. The molecule has 7 nitrogen and oxygen atoms in total. The van der Waals surface area contributed by atoms with E-state index in [-0.39, 0.29) is 18.2 Å². The molecule has 2 amide bonds. The van der Waals surface area contributed by atoms with E-state index in [9.17, 15) is 9.59 Å². The number of benzene rings is 2. The minimum Gasteiger partial charge on any atom is -0.493 e. The van der Waals surface area contributed by atoms with Crippen molar-refractivity contribution in [2.75, 3.05) is 34.4 Å². The number of hydrogen-bond acceptors (Lipinski definition) is 5. The third kappa shape index (κ3) is 4.24. The number of nitrogens with zero attached hydrogens (tertiary/aromatic N) is 2. The van der Waals surface area contributed by atoms with Gasteiger partial charge in [0.25, 0.3) is 0 Å². The summed E-state index contributed by atoms with van der Waals surface area (Å²) in [6.45, 7) is 1.12. The van der Waals surface area contributed by atoms with Crippen molar-refractivity contribution < 1.29 is 23.8 Å². The minimum absolute atomic E-state index is 0.0212. The molecule has 1 fully saturated rings. The maximum Gasteiger partial charge on any atom is 0.245 e. The van der Waals surface area contributed by atoms with Gasteiger partial charge < -0.3 is 14.2 Å². The molecule has 7 heteroatoms. The molecule has 2 aliphatic rings. The number of rotatable bonds is 7. The molecule has 1 aliphatic carbocycles. The standard InChI is InChI=1S/C25H30N2O5/c1-30-21-10-9-20(24(31-2)25(21)32-3)16-23(29)27-12-6-11-26(27)22(28)15-17-13-18-7-4-5-8-19(18)14-17/h4-5,7-10,17H,6,11-16H2,1-3H3. The predicted molar refractivity (Wildman–Crippen MR) is 120 cm³/mol. The first-order chi connectivity index (χ1) is 15.5. The van der Waals surface area contributed by atoms with Gasteiger partial charge in [-0.2, -0.15) is 0 Å². The van der Waals surface area contributed by atoms with Gasteiger partial charge in [0.05, 0.1) is 27.8 Å². The van der Waals surface area contributed by atoms with Crippen LogP contribution >= 0.6 is 0 Å². The van der Waals surface area contributed by atoms with Crippen molar-refractivity contribution in [1.82, 2.24) is 10.0 Å². The molecule has 0 saturated carbocycles. The van der Waals surface area contributed by atoms with Gasteiger partial charge in [-0.05, 0) is 42.4 Å². The first-order valence-electron chi connectivity index (χ1n) is 11.0. The molecule has 1 saturated heterocycles. The van der Waals surface area contributed by atoms with Crippen LogP contribution in [0.5, 0.6) is 17.2 Å². The molecule has 4 rings (SSSR count). The van der Waals surface area contributed by atoms with Gasteiger partial charge in [-0.1, -0.05) is 30.3 Å². The molecule has 1 heterocycles. The molecule has 0 atom stereocenters. The van der Waals surface area contributed by atoms with Crippen molar-refractivity contribution in [2.45, 2.75) is 32.1 Å². The SMILES string of the molecule is COc1ccc(CC(=O)N2CCCN2C(=O)CC2Cc3ccccc3C2)c(OC)c1OC. The van der Waals surface area contributed by atoms with Crippen LogP contribution in [-0.4, -0.2) is 56.3 Å². The lowest BCUT2D eigenvalue weighted by molar-refractivity contribution is -0.158. The molecule has 0 N–H and O–H groups in total. The third-order valence-electron chi connectivity index (χ3n) is 6.33. The molecular formula is C25H30N2O5. The third-order valence-corrected chi connectivity index (χ3v) is 6.33. The Balaban J connectivity index is 1.43. The van der Waals surface area contributed by atoms with Crippen LogP contribution in [-0.2, 0) is 28.9 Å². The van der Waals surface area contributed by atoms with Crippen LogP contribution in [0.25, 0.3) is 0 Å². The van der Waals surface area contributed by atoms with Gasteiger partial charge in [0.15, 0.2) is 11.5 Å². The van der Waals surface area contributed by atoms with Crippen molar-refractivity contribution in [1.29, 1.82) is 0 Å². The topological polar surface area (TPSA) is 68.3 Å². The average molecular weight is 439 g/mol. The summed E-state index contributed by atoms with van der Waals surface area (Å²) in [6, 6.07) is 11.9. The molecule has 0 unspecified atom stereocenters. The Morgan fingerprint density at radius 1 is 0.844 bits per heavy atom. The second kappa shape index (κ2) is 9.51. The Labute approximate surface area is 188 Å². The fourth-order valence-corrected chi connectivity index (χ4v) is 4.83. The van der Waals surface area contributed by atoms with Crippen molar-refractivity contribution in [3.05, 3.63) is 53.1 Å². The zero-order valence-electron chi connectivity index (χ0n) is 18.9. The summed E-state index contributed by atoms with van der Waals surface area (Å²) in [7, 11) is 4.63. The Morgan fingerprint density at radius 3 is 2.06 bits per heavy atom. The monoisotopic (exact) mass is 438 g/mol. The number of ether oxygens (including phenoxy) is 3. The zero-order valence-corrected chi connectivity index (χ0v) is 18.9. The van der Waals surface area contributed by atoms with Crippen LogP contribution < -0.4 is 14.2 Å². The van der Waals surface area contributed by atoms with Crippen LogP contribution in [0.3, 0.4) is 0 Å². The fourth-order valence-electron chi connectivity index (χ4n) is 4.83. The second-order valence-corrected chi connectivity index (χ2v) is 8.30. The normalized spacial score (nSPS) is 15.6. The quantitative estimate of drug-likeness (QED) is 0.665. The average Bonchev–Trinajstić information content (AvgIpc) is 3.45. The fraction of sp³-hybridized carbons (Fsp3) is 0.440. The highest BCUT2D eigenvalue weighted by molar-refractivity contribution is 5.85. The van der Waals surface area contributed by atoms with Gasteiger partial charge in [0.1, 0.15) is 0 Å². The summed E-state index contributed by atoms with van der Waals surface area (Å²) in [4.78, 5) is 26.3. The number of hydrazine groups is 1. The Bertz CT molecular complexity index is 981. The molecule has 2 aromatic rings. The maximum atomic E-state index is 13.2. The molecular weight excluding hydrogens is 408 g/mol. The lowest BCUT2D eigenvalue weighted by Gasteiger charge is -2.29. The smallest absolute Gasteiger partial charge is 0.245 e. The van der Waals surface area contributed by atoms with Gasteiger partial charge in [-0.15, -0.1) is 0 Å². The van der Waals surface area contributed by atoms with Crippen molar-refractivity contribution in [2.24, 2.45) is 5.92 Å². The van der Waals surface area contributed by atoms with Gasteiger partial charge in [-0.3, -0.25) is 19.6 Å². The molecule has 170 valence electrons. The van der Waals surface area contributed by atoms with Crippen molar-refractivity contribution in [3.8, 4) is 17.2 Å². The van der Waals surface area contributed by atoms with Gasteiger partial charge in [-0.25, -0.2) is 0 Å². The summed E-state index contributed by atoms with van der Waals surface area (Å²) in [6.07, 6.45) is 3.20. The highest BCUT2D eigenvalue weighted by Gasteiger charge is 2.33. The molecule has 32 heavy (non-hydrogen) atoms. The zero-order chi connectivity index (χ0) is 22.7. The number of fused-ring (bicyclic) bond motifs is 1. The van der Waals surface area contributed by atoms with Gasteiger partial charge >= 0.3 is 0 Å². The lowest BCUT2D eigenvalue weighted by atomic mass is 10.0. The van der Waals surface area contributed by atoms with E-state index in [1.807, 2.05) is 12.1 Å².